The van der Waals surface area contributed by atoms with E-state index < -0.39 is 29.8 Å². The second-order valence-electron chi connectivity index (χ2n) is 7.17. The van der Waals surface area contributed by atoms with Crippen molar-refractivity contribution in [1.82, 2.24) is 5.32 Å². The molecule has 0 unspecified atom stereocenters. The number of nitrogens with zero attached hydrogens (tertiary/aromatic N) is 1. The number of benzene rings is 1. The molecule has 0 aliphatic carbocycles. The number of methoxy groups -OCH3 is 3. The molecule has 0 saturated carbocycles. The van der Waals surface area contributed by atoms with Gasteiger partial charge in [-0.2, -0.15) is 0 Å². The van der Waals surface area contributed by atoms with Crippen LogP contribution in [0.2, 0.25) is 0 Å². The van der Waals surface area contributed by atoms with E-state index in [1.807, 2.05) is 36.4 Å². The first-order chi connectivity index (χ1) is 13.5. The minimum atomic E-state index is -0.758. The normalized spacial score (nSPS) is 30.2. The Morgan fingerprint density at radius 1 is 1.29 bits per heavy atom. The van der Waals surface area contributed by atoms with Crippen molar-refractivity contribution in [3.8, 4) is 5.75 Å². The van der Waals surface area contributed by atoms with Crippen LogP contribution in [0.3, 0.4) is 0 Å². The number of nitrogens with one attached hydrogen (secondary N) is 1. The topological polar surface area (TPSA) is 86.3 Å². The molecule has 2 bridgehead atoms. The lowest BCUT2D eigenvalue weighted by molar-refractivity contribution is -0.135. The Kier molecular flexibility index (Phi) is 4.86. The van der Waals surface area contributed by atoms with E-state index in [-0.39, 0.29) is 18.4 Å². The number of carbonyl (C=O) groups is 2. The number of fused-ring (bicyclic) bond motifs is 1. The van der Waals surface area contributed by atoms with Crippen LogP contribution in [0.15, 0.2) is 36.4 Å². The quantitative estimate of drug-likeness (QED) is 0.547. The number of anilines is 1. The van der Waals surface area contributed by atoms with Gasteiger partial charge in [0.2, 0.25) is 11.8 Å². The molecule has 4 atom stereocenters. The van der Waals surface area contributed by atoms with Crippen LogP contribution in [-0.2, 0) is 23.8 Å². The average Bonchev–Trinajstić information content (AvgIpc) is 3.37. The second kappa shape index (κ2) is 7.20. The first-order valence-corrected chi connectivity index (χ1v) is 9.19. The summed E-state index contributed by atoms with van der Waals surface area (Å²) in [6, 6.07) is 7.29. The maximum atomic E-state index is 13.2. The van der Waals surface area contributed by atoms with E-state index in [2.05, 4.69) is 5.32 Å². The van der Waals surface area contributed by atoms with Gasteiger partial charge in [-0.05, 0) is 24.3 Å². The van der Waals surface area contributed by atoms with E-state index in [1.54, 1.807) is 12.0 Å². The molecule has 4 rings (SSSR count). The van der Waals surface area contributed by atoms with Gasteiger partial charge in [0.05, 0.1) is 38.1 Å². The molecule has 2 amide bonds. The first-order valence-electron chi connectivity index (χ1n) is 9.19. The van der Waals surface area contributed by atoms with E-state index in [9.17, 15) is 9.59 Å². The fourth-order valence-corrected chi connectivity index (χ4v) is 4.34. The summed E-state index contributed by atoms with van der Waals surface area (Å²) in [5.74, 6) is -0.741. The van der Waals surface area contributed by atoms with Crippen LogP contribution >= 0.6 is 0 Å². The van der Waals surface area contributed by atoms with Gasteiger partial charge in [-0.1, -0.05) is 12.2 Å². The van der Waals surface area contributed by atoms with Crippen LogP contribution in [0, 0.1) is 11.8 Å². The number of ether oxygens (including phenoxy) is 4. The first kappa shape index (κ1) is 18.9. The van der Waals surface area contributed by atoms with Gasteiger partial charge in [0.25, 0.3) is 0 Å². The van der Waals surface area contributed by atoms with Crippen molar-refractivity contribution >= 4 is 17.5 Å². The fourth-order valence-electron chi connectivity index (χ4n) is 4.34. The Hall–Kier alpha value is -2.42. The number of hydrogen-bond donors (Lipinski definition) is 1. The number of rotatable bonds is 7. The highest BCUT2D eigenvalue weighted by Gasteiger charge is 2.67. The van der Waals surface area contributed by atoms with Crippen molar-refractivity contribution in [2.45, 2.75) is 18.0 Å². The molecule has 3 aliphatic rings. The molecule has 0 aromatic heterocycles. The molecule has 28 heavy (non-hydrogen) atoms. The van der Waals surface area contributed by atoms with Crippen molar-refractivity contribution in [3.63, 3.8) is 0 Å². The van der Waals surface area contributed by atoms with Gasteiger partial charge in [0.15, 0.2) is 6.29 Å². The van der Waals surface area contributed by atoms with E-state index in [0.29, 0.717) is 12.3 Å². The highest BCUT2D eigenvalue weighted by Crippen LogP contribution is 2.52. The minimum Gasteiger partial charge on any atom is -0.497 e. The van der Waals surface area contributed by atoms with Crippen LogP contribution in [-0.4, -0.2) is 64.2 Å². The van der Waals surface area contributed by atoms with Crippen LogP contribution in [0.1, 0.15) is 0 Å². The molecule has 1 N–H and O–H groups in total. The Labute approximate surface area is 163 Å². The summed E-state index contributed by atoms with van der Waals surface area (Å²) in [6.45, 7) is 0.591. The van der Waals surface area contributed by atoms with E-state index >= 15 is 0 Å². The number of hydrogen-bond acceptors (Lipinski definition) is 6. The third-order valence-corrected chi connectivity index (χ3v) is 5.76. The molecule has 2 saturated heterocycles. The van der Waals surface area contributed by atoms with Crippen LogP contribution in [0.4, 0.5) is 5.69 Å². The summed E-state index contributed by atoms with van der Waals surface area (Å²) >= 11 is 0. The summed E-state index contributed by atoms with van der Waals surface area (Å²) < 4.78 is 21.5. The summed E-state index contributed by atoms with van der Waals surface area (Å²) in [5.41, 5.74) is -0.000915. The average molecular weight is 388 g/mol. The van der Waals surface area contributed by atoms with Gasteiger partial charge in [-0.3, -0.25) is 9.59 Å². The summed E-state index contributed by atoms with van der Waals surface area (Å²) in [6.07, 6.45) is 2.88. The van der Waals surface area contributed by atoms with E-state index in [0.717, 1.165) is 5.69 Å². The Bertz CT molecular complexity index is 790. The van der Waals surface area contributed by atoms with Gasteiger partial charge in [-0.25, -0.2) is 0 Å². The Morgan fingerprint density at radius 2 is 2.00 bits per heavy atom. The van der Waals surface area contributed by atoms with Crippen molar-refractivity contribution in [2.24, 2.45) is 11.8 Å². The van der Waals surface area contributed by atoms with Crippen molar-refractivity contribution in [2.75, 3.05) is 39.3 Å². The maximum absolute atomic E-state index is 13.2. The lowest BCUT2D eigenvalue weighted by atomic mass is 9.77. The van der Waals surface area contributed by atoms with Gasteiger partial charge >= 0.3 is 0 Å². The van der Waals surface area contributed by atoms with Gasteiger partial charge < -0.3 is 29.2 Å². The fraction of sp³-hybridized carbons (Fsp3) is 0.500. The van der Waals surface area contributed by atoms with Gasteiger partial charge in [0, 0.05) is 19.9 Å². The zero-order chi connectivity index (χ0) is 19.9. The third kappa shape index (κ3) is 2.88. The lowest BCUT2D eigenvalue weighted by Gasteiger charge is -2.24. The maximum Gasteiger partial charge on any atom is 0.234 e. The van der Waals surface area contributed by atoms with Crippen molar-refractivity contribution in [3.05, 3.63) is 36.4 Å². The Balaban J connectivity index is 1.54. The molecule has 8 heteroatoms. The lowest BCUT2D eigenvalue weighted by Crippen LogP contribution is -2.46. The van der Waals surface area contributed by atoms with Crippen molar-refractivity contribution < 1.29 is 28.5 Å². The smallest absolute Gasteiger partial charge is 0.234 e. The summed E-state index contributed by atoms with van der Waals surface area (Å²) in [7, 11) is 4.61. The van der Waals surface area contributed by atoms with E-state index in [4.69, 9.17) is 18.9 Å². The molecule has 150 valence electrons. The van der Waals surface area contributed by atoms with E-state index in [1.165, 1.54) is 14.2 Å². The molecule has 1 aromatic carbocycles. The summed E-state index contributed by atoms with van der Waals surface area (Å²) in [5, 5.41) is 2.82. The van der Waals surface area contributed by atoms with Crippen molar-refractivity contribution in [1.29, 1.82) is 0 Å². The predicted molar refractivity (Wildman–Crippen MR) is 99.9 cm³/mol. The van der Waals surface area contributed by atoms with Gasteiger partial charge in [-0.15, -0.1) is 0 Å². The highest BCUT2D eigenvalue weighted by molar-refractivity contribution is 6.03. The summed E-state index contributed by atoms with van der Waals surface area (Å²) in [4.78, 5) is 27.8. The molecule has 2 fully saturated rings. The molecule has 3 aliphatic heterocycles. The van der Waals surface area contributed by atoms with Crippen LogP contribution in [0.25, 0.3) is 0 Å². The Morgan fingerprint density at radius 3 is 2.64 bits per heavy atom. The predicted octanol–water partition coefficient (Wildman–Crippen LogP) is 0.717. The number of carbonyl (C=O) groups excluding carboxylic acids is 2. The SMILES string of the molecule is COc1ccc(N2C[C@@]34C=C[C@@H](O3)[C@@H](C(=O)NCC(OC)OC)[C@H]4C2=O)cc1. The second-order valence-corrected chi connectivity index (χ2v) is 7.17. The zero-order valence-corrected chi connectivity index (χ0v) is 16.1. The largest absolute Gasteiger partial charge is 0.497 e. The molecule has 8 nitrogen and oxygen atoms in total. The number of amides is 2. The molecular weight excluding hydrogens is 364 g/mol. The molecule has 3 heterocycles. The standard InChI is InChI=1S/C20H24N2O6/c1-25-13-6-4-12(5-7-13)22-11-20-9-8-14(28-20)16(17(20)19(22)24)18(23)21-10-15(26-2)27-3/h4-9,14-17H,10-11H2,1-3H3,(H,21,23)/t14-,16-,17+,20-/m1/s1. The zero-order valence-electron chi connectivity index (χ0n) is 16.1. The molecule has 0 radical (unpaired) electrons. The highest BCUT2D eigenvalue weighted by atomic mass is 16.7. The molecule has 1 aromatic rings. The third-order valence-electron chi connectivity index (χ3n) is 5.76. The monoisotopic (exact) mass is 388 g/mol. The van der Waals surface area contributed by atoms with Crippen LogP contribution < -0.4 is 15.0 Å². The van der Waals surface area contributed by atoms with Gasteiger partial charge in [0.1, 0.15) is 11.4 Å². The minimum absolute atomic E-state index is 0.104. The van der Waals surface area contributed by atoms with Crippen LogP contribution in [0.5, 0.6) is 5.75 Å². The molecule has 1 spiro atoms. The molecular formula is C20H24N2O6.